The normalized spacial score (nSPS) is 20.4. The van der Waals surface area contributed by atoms with Crippen LogP contribution in [-0.2, 0) is 22.9 Å². The minimum Gasteiger partial charge on any atom is -0.347 e. The smallest absolute Gasteiger partial charge is 0.347 e. The molecular weight excluding hydrogens is 513 g/mol. The van der Waals surface area contributed by atoms with E-state index in [1.54, 1.807) is 0 Å². The van der Waals surface area contributed by atoms with Crippen LogP contribution in [0, 0.1) is 0 Å². The molecule has 3 aliphatic rings. The van der Waals surface area contributed by atoms with Crippen molar-refractivity contribution in [1.82, 2.24) is 0 Å². The molecule has 1 aliphatic carbocycles. The van der Waals surface area contributed by atoms with Crippen molar-refractivity contribution in [2.24, 2.45) is 0 Å². The third-order valence-corrected chi connectivity index (χ3v) is 9.95. The minimum atomic E-state index is -4.24. The summed E-state index contributed by atoms with van der Waals surface area (Å²) in [5, 5.41) is 0. The predicted octanol–water partition coefficient (Wildman–Crippen LogP) is 5.41. The van der Waals surface area contributed by atoms with Gasteiger partial charge in [0, 0.05) is 48.0 Å². The first-order valence-electron chi connectivity index (χ1n) is 11.2. The molecule has 0 saturated heterocycles. The molecule has 1 saturated carbocycles. The second-order valence-corrected chi connectivity index (χ2v) is 13.8. The van der Waals surface area contributed by atoms with Crippen LogP contribution in [0.3, 0.4) is 0 Å². The summed E-state index contributed by atoms with van der Waals surface area (Å²) in [5.74, 6) is 0. The Labute approximate surface area is 215 Å². The van der Waals surface area contributed by atoms with Crippen molar-refractivity contribution in [3.8, 4) is 0 Å². The van der Waals surface area contributed by atoms with E-state index in [-0.39, 0.29) is 0 Å². The summed E-state index contributed by atoms with van der Waals surface area (Å²) in [6, 6.07) is 16.6. The van der Waals surface area contributed by atoms with Crippen molar-refractivity contribution >= 4 is 61.9 Å². The molecule has 0 N–H and O–H groups in total. The van der Waals surface area contributed by atoms with Gasteiger partial charge >= 0.3 is 13.1 Å². The van der Waals surface area contributed by atoms with Gasteiger partial charge in [-0.1, -0.05) is 71.2 Å². The van der Waals surface area contributed by atoms with Gasteiger partial charge in [-0.3, -0.25) is 0 Å². The number of alkyl halides is 3. The van der Waals surface area contributed by atoms with Crippen molar-refractivity contribution in [3.05, 3.63) is 83.2 Å². The van der Waals surface area contributed by atoms with E-state index in [1.165, 1.54) is 18.2 Å². The highest BCUT2D eigenvalue weighted by Crippen LogP contribution is 2.38. The first-order chi connectivity index (χ1) is 16.2. The molecule has 5 nitrogen and oxygen atoms in total. The van der Waals surface area contributed by atoms with E-state index in [0.29, 0.717) is 18.6 Å². The average molecular weight is 538 g/mol. The third kappa shape index (κ3) is 4.15. The Bertz CT molecular complexity index is 1270. The van der Waals surface area contributed by atoms with Gasteiger partial charge in [0.15, 0.2) is 7.05 Å². The number of sulfonamides is 1. The van der Waals surface area contributed by atoms with Crippen LogP contribution in [0.4, 0.5) is 11.4 Å². The van der Waals surface area contributed by atoms with Gasteiger partial charge in [0.1, 0.15) is 0 Å². The predicted molar refractivity (Wildman–Crippen MR) is 141 cm³/mol. The quantitative estimate of drug-likeness (QED) is 0.388. The van der Waals surface area contributed by atoms with Gasteiger partial charge in [-0.2, -0.15) is 8.42 Å². The lowest BCUT2D eigenvalue weighted by Gasteiger charge is -2.17. The number of nitrogens with zero attached hydrogens (tertiary/aromatic N) is 3. The standard InChI is InChI=1S/C25H25Cl3N3O2S/c1-29(34(32,33)25(26,27)28)24-20(16-30-14-12-18-6-2-4-8-22(18)30)10-11-21(24)17-31-15-13-19-7-3-5-9-23(19)31/h2-9,16-17H,10-15H2,1H3/q+1. The molecule has 0 unspecified atom stereocenters. The summed E-state index contributed by atoms with van der Waals surface area (Å²) in [5.41, 5.74) is 7.27. The van der Waals surface area contributed by atoms with Gasteiger partial charge in [0.25, 0.3) is 0 Å². The van der Waals surface area contributed by atoms with Crippen LogP contribution in [0.15, 0.2) is 72.1 Å². The lowest BCUT2D eigenvalue weighted by Crippen LogP contribution is -2.34. The van der Waals surface area contributed by atoms with Crippen LogP contribution in [0.25, 0.3) is 0 Å². The first-order valence-corrected chi connectivity index (χ1v) is 13.8. The second-order valence-electron chi connectivity index (χ2n) is 8.72. The van der Waals surface area contributed by atoms with Gasteiger partial charge in [-0.25, -0.2) is 0 Å². The molecule has 2 aliphatic heterocycles. The van der Waals surface area contributed by atoms with E-state index in [9.17, 15) is 8.42 Å². The summed E-state index contributed by atoms with van der Waals surface area (Å²) < 4.78 is 24.9. The molecule has 34 heavy (non-hydrogen) atoms. The number of hydrogen-bond donors (Lipinski definition) is 0. The number of anilines is 2. The Kier molecular flexibility index (Phi) is 6.22. The fourth-order valence-corrected chi connectivity index (χ4v) is 6.73. The molecule has 1 fully saturated rings. The highest BCUT2D eigenvalue weighted by Gasteiger charge is 2.49. The lowest BCUT2D eigenvalue weighted by molar-refractivity contribution is -0.325. The monoisotopic (exact) mass is 536 g/mol. The Balaban J connectivity index is 1.61. The van der Waals surface area contributed by atoms with Gasteiger partial charge < -0.3 is 9.80 Å². The Morgan fingerprint density at radius 2 is 1.24 bits per heavy atom. The fourth-order valence-electron chi connectivity index (χ4n) is 5.02. The van der Waals surface area contributed by atoms with Crippen LogP contribution in [0.1, 0.15) is 24.0 Å². The van der Waals surface area contributed by atoms with E-state index in [4.69, 9.17) is 34.8 Å². The molecular formula is C25H25Cl3N3O2S+. The largest absolute Gasteiger partial charge is 0.413 e. The van der Waals surface area contributed by atoms with E-state index in [0.717, 1.165) is 52.4 Å². The fraction of sp³-hybridized carbons (Fsp3) is 0.320. The number of benzene rings is 2. The minimum absolute atomic E-state index is 0.583. The maximum Gasteiger partial charge on any atom is 0.413 e. The van der Waals surface area contributed by atoms with Crippen molar-refractivity contribution < 1.29 is 12.4 Å². The molecule has 0 radical (unpaired) electrons. The summed E-state index contributed by atoms with van der Waals surface area (Å²) in [7, 11) is -2.77. The SMILES string of the molecule is C[N+](=C1C(=CN2CCc3ccccc32)CCC1=CN1CCc2ccccc21)S(=O)(=O)C(Cl)(Cl)Cl. The zero-order valence-electron chi connectivity index (χ0n) is 18.7. The first kappa shape index (κ1) is 23.7. The van der Waals surface area contributed by atoms with Gasteiger partial charge in [0.2, 0.25) is 5.71 Å². The Morgan fingerprint density at radius 3 is 1.68 bits per heavy atom. The van der Waals surface area contributed by atoms with Crippen LogP contribution in [0.5, 0.6) is 0 Å². The molecule has 0 amide bonds. The molecule has 2 aromatic rings. The molecule has 2 aromatic carbocycles. The van der Waals surface area contributed by atoms with E-state index >= 15 is 0 Å². The number of halogens is 3. The van der Waals surface area contributed by atoms with Crippen molar-refractivity contribution in [3.63, 3.8) is 0 Å². The van der Waals surface area contributed by atoms with E-state index in [1.807, 2.05) is 24.3 Å². The average Bonchev–Trinajstić information content (AvgIpc) is 3.51. The Morgan fingerprint density at radius 1 is 0.794 bits per heavy atom. The zero-order valence-corrected chi connectivity index (χ0v) is 21.8. The Hall–Kier alpha value is -1.99. The van der Waals surface area contributed by atoms with E-state index in [2.05, 4.69) is 46.5 Å². The van der Waals surface area contributed by atoms with Gasteiger partial charge in [0.05, 0.1) is 0 Å². The van der Waals surface area contributed by atoms with Crippen LogP contribution >= 0.6 is 34.8 Å². The summed E-state index contributed by atoms with van der Waals surface area (Å²) in [4.78, 5) is 4.38. The molecule has 0 atom stereocenters. The maximum atomic E-state index is 13.1. The van der Waals surface area contributed by atoms with Crippen molar-refractivity contribution in [2.45, 2.75) is 28.8 Å². The maximum absolute atomic E-state index is 13.1. The van der Waals surface area contributed by atoms with Gasteiger partial charge in [-0.05, 0) is 48.9 Å². The number of para-hydroxylation sites is 2. The van der Waals surface area contributed by atoms with Crippen LogP contribution in [-0.4, -0.2) is 41.4 Å². The molecule has 178 valence electrons. The number of allylic oxidation sites excluding steroid dienone is 2. The van der Waals surface area contributed by atoms with Crippen molar-refractivity contribution in [2.75, 3.05) is 29.9 Å². The van der Waals surface area contributed by atoms with Crippen LogP contribution < -0.4 is 9.80 Å². The number of hydrogen-bond acceptors (Lipinski definition) is 4. The topological polar surface area (TPSA) is 43.6 Å². The van der Waals surface area contributed by atoms with E-state index < -0.39 is 13.1 Å². The number of fused-ring (bicyclic) bond motifs is 2. The summed E-state index contributed by atoms with van der Waals surface area (Å²) in [6.45, 7) is 1.69. The molecule has 0 bridgehead atoms. The summed E-state index contributed by atoms with van der Waals surface area (Å²) >= 11 is 17.7. The molecule has 5 rings (SSSR count). The highest BCUT2D eigenvalue weighted by atomic mass is 35.6. The molecule has 2 heterocycles. The molecule has 9 heteroatoms. The van der Waals surface area contributed by atoms with Crippen molar-refractivity contribution in [1.29, 1.82) is 0 Å². The second kappa shape index (κ2) is 8.90. The highest BCUT2D eigenvalue weighted by molar-refractivity contribution is 7.91. The van der Waals surface area contributed by atoms with Gasteiger partial charge in [-0.15, -0.1) is 3.98 Å². The molecule has 0 aromatic heterocycles. The molecule has 0 spiro atoms. The number of rotatable bonds is 3. The zero-order chi connectivity index (χ0) is 24.1. The van der Waals surface area contributed by atoms with Crippen LogP contribution in [0.2, 0.25) is 0 Å². The lowest BCUT2D eigenvalue weighted by atomic mass is 10.1. The third-order valence-electron chi connectivity index (χ3n) is 6.71. The summed E-state index contributed by atoms with van der Waals surface area (Å²) in [6.07, 6.45) is 7.43.